The van der Waals surface area contributed by atoms with E-state index < -0.39 is 0 Å². The molecule has 0 amide bonds. The quantitative estimate of drug-likeness (QED) is 0.518. The van der Waals surface area contributed by atoms with Gasteiger partial charge in [-0.2, -0.15) is 0 Å². The van der Waals surface area contributed by atoms with E-state index in [4.69, 9.17) is 4.98 Å². The molecule has 0 radical (unpaired) electrons. The van der Waals surface area contributed by atoms with Crippen LogP contribution >= 0.6 is 37.2 Å². The van der Waals surface area contributed by atoms with Crippen molar-refractivity contribution in [3.63, 3.8) is 0 Å². The zero-order valence-electron chi connectivity index (χ0n) is 20.6. The number of hydrogen-bond donors (Lipinski definition) is 1. The first-order valence-electron chi connectivity index (χ1n) is 12.7. The molecule has 0 spiro atoms. The summed E-state index contributed by atoms with van der Waals surface area (Å²) in [6, 6.07) is 9.43. The lowest BCUT2D eigenvalue weighted by Crippen LogP contribution is -2.50. The Morgan fingerprint density at radius 3 is 2.18 bits per heavy atom. The molecule has 3 N–H and O–H groups in total. The van der Waals surface area contributed by atoms with E-state index in [-0.39, 0.29) is 42.7 Å². The SMILES string of the molecule is CC1(N2CCC(n3c(C4CCCNC4)nc4ccccc43)CC2)CCCCCCC1.Cl.Cl.Cl.O. The zero-order chi connectivity index (χ0) is 20.4. The van der Waals surface area contributed by atoms with Crippen molar-refractivity contribution in [2.75, 3.05) is 26.2 Å². The number of likely N-dealkylation sites (tertiary alicyclic amines) is 1. The zero-order valence-corrected chi connectivity index (χ0v) is 23.1. The van der Waals surface area contributed by atoms with Crippen molar-refractivity contribution in [2.24, 2.45) is 0 Å². The van der Waals surface area contributed by atoms with Gasteiger partial charge in [-0.1, -0.05) is 44.2 Å². The summed E-state index contributed by atoms with van der Waals surface area (Å²) < 4.78 is 2.66. The topological polar surface area (TPSA) is 64.6 Å². The Hall–Kier alpha value is -0.560. The summed E-state index contributed by atoms with van der Waals surface area (Å²) in [5, 5.41) is 3.61. The van der Waals surface area contributed by atoms with Gasteiger partial charge in [-0.15, -0.1) is 37.2 Å². The highest BCUT2D eigenvalue weighted by atomic mass is 35.5. The van der Waals surface area contributed by atoms with Crippen molar-refractivity contribution >= 4 is 48.3 Å². The van der Waals surface area contributed by atoms with Crippen molar-refractivity contribution < 1.29 is 5.48 Å². The summed E-state index contributed by atoms with van der Waals surface area (Å²) in [5.41, 5.74) is 2.97. The fourth-order valence-electron chi connectivity index (χ4n) is 6.45. The third kappa shape index (κ3) is 6.60. The highest BCUT2D eigenvalue weighted by Gasteiger charge is 2.36. The maximum absolute atomic E-state index is 5.17. The van der Waals surface area contributed by atoms with Crippen LogP contribution in [0.2, 0.25) is 0 Å². The monoisotopic (exact) mass is 534 g/mol. The average molecular weight is 536 g/mol. The minimum atomic E-state index is 0. The molecule has 3 heterocycles. The van der Waals surface area contributed by atoms with Crippen molar-refractivity contribution in [1.29, 1.82) is 0 Å². The van der Waals surface area contributed by atoms with Gasteiger partial charge in [0, 0.05) is 37.1 Å². The van der Waals surface area contributed by atoms with Gasteiger partial charge in [0.05, 0.1) is 11.0 Å². The minimum Gasteiger partial charge on any atom is -0.412 e. The number of aromatic nitrogens is 2. The fourth-order valence-corrected chi connectivity index (χ4v) is 6.45. The Bertz CT molecular complexity index is 840. The van der Waals surface area contributed by atoms with Crippen molar-refractivity contribution in [3.05, 3.63) is 30.1 Å². The van der Waals surface area contributed by atoms with Crippen LogP contribution in [-0.4, -0.2) is 51.6 Å². The van der Waals surface area contributed by atoms with Gasteiger partial charge in [0.15, 0.2) is 0 Å². The lowest BCUT2D eigenvalue weighted by Gasteiger charge is -2.46. The maximum Gasteiger partial charge on any atom is 0.114 e. The van der Waals surface area contributed by atoms with Crippen LogP contribution in [0.5, 0.6) is 0 Å². The van der Waals surface area contributed by atoms with Gasteiger partial charge in [-0.05, 0) is 64.1 Å². The lowest BCUT2D eigenvalue weighted by atomic mass is 9.82. The number of para-hydroxylation sites is 2. The third-order valence-electron chi connectivity index (χ3n) is 8.31. The summed E-state index contributed by atoms with van der Waals surface area (Å²) in [4.78, 5) is 8.02. The Labute approximate surface area is 224 Å². The predicted molar refractivity (Wildman–Crippen MR) is 151 cm³/mol. The molecule has 1 atom stereocenters. The fraction of sp³-hybridized carbons (Fsp3) is 0.731. The van der Waals surface area contributed by atoms with Crippen LogP contribution in [0.15, 0.2) is 24.3 Å². The molecule has 3 fully saturated rings. The second-order valence-corrected chi connectivity index (χ2v) is 10.4. The van der Waals surface area contributed by atoms with Gasteiger partial charge in [-0.3, -0.25) is 4.90 Å². The number of halogens is 3. The predicted octanol–water partition coefficient (Wildman–Crippen LogP) is 6.08. The number of nitrogens with zero attached hydrogens (tertiary/aromatic N) is 3. The molecular weight excluding hydrogens is 491 g/mol. The van der Waals surface area contributed by atoms with E-state index in [1.54, 1.807) is 0 Å². The summed E-state index contributed by atoms with van der Waals surface area (Å²) in [6.07, 6.45) is 15.0. The van der Waals surface area contributed by atoms with E-state index in [2.05, 4.69) is 46.0 Å². The molecule has 8 heteroatoms. The van der Waals surface area contributed by atoms with Crippen LogP contribution in [-0.2, 0) is 0 Å². The van der Waals surface area contributed by atoms with Crippen LogP contribution in [0.4, 0.5) is 0 Å². The Morgan fingerprint density at radius 1 is 0.882 bits per heavy atom. The van der Waals surface area contributed by atoms with E-state index >= 15 is 0 Å². The molecule has 5 nitrogen and oxygen atoms in total. The summed E-state index contributed by atoms with van der Waals surface area (Å²) in [6.45, 7) is 7.30. The van der Waals surface area contributed by atoms with Crippen molar-refractivity contribution in [3.8, 4) is 0 Å². The molecule has 2 saturated heterocycles. The number of rotatable bonds is 3. The highest BCUT2D eigenvalue weighted by molar-refractivity contribution is 5.86. The summed E-state index contributed by atoms with van der Waals surface area (Å²) in [7, 11) is 0. The largest absolute Gasteiger partial charge is 0.412 e. The van der Waals surface area contributed by atoms with E-state index in [1.807, 2.05) is 0 Å². The van der Waals surface area contributed by atoms with Crippen LogP contribution in [0.25, 0.3) is 11.0 Å². The van der Waals surface area contributed by atoms with E-state index in [0.717, 1.165) is 13.1 Å². The first-order valence-corrected chi connectivity index (χ1v) is 12.7. The molecule has 0 bridgehead atoms. The lowest BCUT2D eigenvalue weighted by molar-refractivity contribution is 0.0435. The molecule has 3 aliphatic rings. The maximum atomic E-state index is 5.17. The molecule has 1 unspecified atom stereocenters. The second kappa shape index (κ2) is 14.2. The molecule has 5 rings (SSSR count). The molecule has 2 aromatic rings. The Balaban J connectivity index is 0.00000144. The van der Waals surface area contributed by atoms with Crippen LogP contribution in [0.1, 0.15) is 95.3 Å². The van der Waals surface area contributed by atoms with Crippen LogP contribution in [0.3, 0.4) is 0 Å². The average Bonchev–Trinajstić information content (AvgIpc) is 3.17. The highest BCUT2D eigenvalue weighted by Crippen LogP contribution is 2.38. The van der Waals surface area contributed by atoms with E-state index in [1.165, 1.54) is 101 Å². The Morgan fingerprint density at radius 2 is 1.53 bits per heavy atom. The molecule has 1 aliphatic carbocycles. The normalized spacial score (nSPS) is 23.9. The van der Waals surface area contributed by atoms with Gasteiger partial charge in [0.1, 0.15) is 5.82 Å². The molecule has 1 aromatic heterocycles. The third-order valence-corrected chi connectivity index (χ3v) is 8.31. The first-order chi connectivity index (χ1) is 14.7. The van der Waals surface area contributed by atoms with Gasteiger partial charge in [0.2, 0.25) is 0 Å². The molecule has 1 saturated carbocycles. The number of fused-ring (bicyclic) bond motifs is 1. The number of imidazole rings is 1. The van der Waals surface area contributed by atoms with E-state index in [9.17, 15) is 0 Å². The number of piperidine rings is 2. The second-order valence-electron chi connectivity index (χ2n) is 10.4. The van der Waals surface area contributed by atoms with Crippen LogP contribution in [0, 0.1) is 0 Å². The minimum absolute atomic E-state index is 0. The van der Waals surface area contributed by atoms with E-state index in [0.29, 0.717) is 17.5 Å². The Kier molecular flexibility index (Phi) is 13.2. The molecule has 2 aliphatic heterocycles. The standard InChI is InChI=1S/C26H40N4.3ClH.H2O/c1-26(15-7-3-2-4-8-16-26)29-18-13-22(14-19-29)30-24-12-6-5-11-23(24)28-25(30)21-10-9-17-27-20-21;;;;/h5-6,11-12,21-22,27H,2-4,7-10,13-20H2,1H3;3*1H;1H2. The number of hydrogen-bond acceptors (Lipinski definition) is 3. The smallest absolute Gasteiger partial charge is 0.114 e. The van der Waals surface area contributed by atoms with Gasteiger partial charge >= 0.3 is 0 Å². The summed E-state index contributed by atoms with van der Waals surface area (Å²) in [5.74, 6) is 1.91. The van der Waals surface area contributed by atoms with Crippen molar-refractivity contribution in [1.82, 2.24) is 19.8 Å². The molecule has 196 valence electrons. The van der Waals surface area contributed by atoms with Gasteiger partial charge in [0.25, 0.3) is 0 Å². The van der Waals surface area contributed by atoms with Crippen LogP contribution < -0.4 is 5.32 Å². The molecule has 34 heavy (non-hydrogen) atoms. The first kappa shape index (κ1) is 31.5. The number of benzene rings is 1. The summed E-state index contributed by atoms with van der Waals surface area (Å²) >= 11 is 0. The van der Waals surface area contributed by atoms with Crippen molar-refractivity contribution in [2.45, 2.75) is 95.1 Å². The van der Waals surface area contributed by atoms with Gasteiger partial charge in [-0.25, -0.2) is 4.98 Å². The number of nitrogens with one attached hydrogen (secondary N) is 1. The molecular formula is C26H45Cl3N4O. The van der Waals surface area contributed by atoms with Gasteiger partial charge < -0.3 is 15.4 Å². The molecule has 1 aromatic carbocycles.